The Balaban J connectivity index is 1.72. The zero-order valence-electron chi connectivity index (χ0n) is 17.6. The zero-order valence-corrected chi connectivity index (χ0v) is 18.4. The Morgan fingerprint density at radius 1 is 1.03 bits per heavy atom. The van der Waals surface area contributed by atoms with Crippen molar-refractivity contribution in [3.8, 4) is 11.1 Å². The summed E-state index contributed by atoms with van der Waals surface area (Å²) >= 11 is 0. The maximum absolute atomic E-state index is 13.4. The van der Waals surface area contributed by atoms with E-state index in [0.29, 0.717) is 22.1 Å². The number of rotatable bonds is 4. The van der Waals surface area contributed by atoms with Crippen molar-refractivity contribution in [2.45, 2.75) is 17.5 Å². The number of para-hydroxylation sites is 1. The van der Waals surface area contributed by atoms with Gasteiger partial charge in [-0.15, -0.1) is 0 Å². The van der Waals surface area contributed by atoms with Crippen LogP contribution in [-0.4, -0.2) is 28.3 Å². The predicted octanol–water partition coefficient (Wildman–Crippen LogP) is 4.99. The molecule has 1 aliphatic heterocycles. The first-order chi connectivity index (χ1) is 16.1. The zero-order chi connectivity index (χ0) is 24.5. The van der Waals surface area contributed by atoms with E-state index in [1.165, 1.54) is 0 Å². The van der Waals surface area contributed by atoms with E-state index in [-0.39, 0.29) is 17.9 Å². The van der Waals surface area contributed by atoms with Gasteiger partial charge in [0.25, 0.3) is 0 Å². The highest BCUT2D eigenvalue weighted by Gasteiger charge is 2.35. The Kier molecular flexibility index (Phi) is 6.52. The van der Waals surface area contributed by atoms with Gasteiger partial charge in [0.05, 0.1) is 32.6 Å². The van der Waals surface area contributed by atoms with E-state index in [1.807, 2.05) is 0 Å². The fourth-order valence-corrected chi connectivity index (χ4v) is 4.99. The third kappa shape index (κ3) is 4.86. The van der Waals surface area contributed by atoms with Crippen molar-refractivity contribution in [3.05, 3.63) is 78.1 Å². The lowest BCUT2D eigenvalue weighted by Gasteiger charge is -2.25. The molecule has 34 heavy (non-hydrogen) atoms. The summed E-state index contributed by atoms with van der Waals surface area (Å²) in [6, 6.07) is 15.9. The molecule has 0 fully saturated rings. The molecule has 3 aromatic carbocycles. The van der Waals surface area contributed by atoms with Crippen LogP contribution in [0.1, 0.15) is 12.0 Å². The number of carbonyl (C=O) groups is 2. The van der Waals surface area contributed by atoms with Crippen molar-refractivity contribution in [1.29, 1.82) is 0 Å². The van der Waals surface area contributed by atoms with Crippen LogP contribution in [0.3, 0.4) is 0 Å². The Morgan fingerprint density at radius 3 is 2.47 bits per heavy atom. The van der Waals surface area contributed by atoms with Crippen molar-refractivity contribution in [1.82, 2.24) is 0 Å². The SMILES string of the molecule is O=C(CN1C(=O)CC[S@](=O)c2cccc(-c3ccccc3)c21)Nc1ccc(F)cc1C(F)(F)F. The van der Waals surface area contributed by atoms with Crippen molar-refractivity contribution in [2.24, 2.45) is 0 Å². The van der Waals surface area contributed by atoms with Crippen molar-refractivity contribution < 1.29 is 31.4 Å². The summed E-state index contributed by atoms with van der Waals surface area (Å²) < 4.78 is 66.2. The van der Waals surface area contributed by atoms with E-state index in [1.54, 1.807) is 48.5 Å². The molecule has 176 valence electrons. The third-order valence-electron chi connectivity index (χ3n) is 5.26. The number of fused-ring (bicyclic) bond motifs is 1. The Hall–Kier alpha value is -3.53. The lowest BCUT2D eigenvalue weighted by molar-refractivity contribution is -0.137. The first-order valence-electron chi connectivity index (χ1n) is 10.2. The molecule has 0 unspecified atom stereocenters. The number of amides is 2. The molecule has 1 atom stereocenters. The van der Waals surface area contributed by atoms with Crippen molar-refractivity contribution in [3.63, 3.8) is 0 Å². The summed E-state index contributed by atoms with van der Waals surface area (Å²) in [7, 11) is -1.51. The molecule has 1 heterocycles. The molecule has 0 aliphatic carbocycles. The van der Waals surface area contributed by atoms with Gasteiger partial charge >= 0.3 is 6.18 Å². The van der Waals surface area contributed by atoms with Gasteiger partial charge in [0.15, 0.2) is 0 Å². The lowest BCUT2D eigenvalue weighted by Crippen LogP contribution is -2.38. The second-order valence-electron chi connectivity index (χ2n) is 7.53. The number of alkyl halides is 3. The number of hydrogen-bond donors (Lipinski definition) is 1. The number of nitrogens with zero attached hydrogens (tertiary/aromatic N) is 1. The molecular formula is C24H18F4N2O3S. The van der Waals surface area contributed by atoms with Gasteiger partial charge in [-0.05, 0) is 29.8 Å². The van der Waals surface area contributed by atoms with E-state index in [4.69, 9.17) is 0 Å². The van der Waals surface area contributed by atoms with Gasteiger partial charge in [-0.25, -0.2) is 4.39 Å². The molecule has 0 saturated heterocycles. The molecule has 1 N–H and O–H groups in total. The summed E-state index contributed by atoms with van der Waals surface area (Å²) in [5.41, 5.74) is -0.405. The molecule has 5 nitrogen and oxygen atoms in total. The van der Waals surface area contributed by atoms with E-state index >= 15 is 0 Å². The normalized spacial score (nSPS) is 16.1. The summed E-state index contributed by atoms with van der Waals surface area (Å²) in [4.78, 5) is 27.3. The quantitative estimate of drug-likeness (QED) is 0.524. The number of anilines is 2. The maximum atomic E-state index is 13.4. The van der Waals surface area contributed by atoms with Gasteiger partial charge in [-0.1, -0.05) is 42.5 Å². The van der Waals surface area contributed by atoms with Gasteiger partial charge in [0.1, 0.15) is 12.4 Å². The third-order valence-corrected chi connectivity index (χ3v) is 6.66. The van der Waals surface area contributed by atoms with Gasteiger partial charge in [-0.2, -0.15) is 13.2 Å². The fourth-order valence-electron chi connectivity index (χ4n) is 3.75. The molecule has 3 aromatic rings. The van der Waals surface area contributed by atoms with Crippen molar-refractivity contribution in [2.75, 3.05) is 22.5 Å². The second kappa shape index (κ2) is 9.38. The van der Waals surface area contributed by atoms with E-state index in [0.717, 1.165) is 17.0 Å². The fraction of sp³-hybridized carbons (Fsp3) is 0.167. The van der Waals surface area contributed by atoms with Crippen LogP contribution in [0.2, 0.25) is 0 Å². The smallest absolute Gasteiger partial charge is 0.324 e. The summed E-state index contributed by atoms with van der Waals surface area (Å²) in [5, 5.41) is 2.14. The van der Waals surface area contributed by atoms with E-state index < -0.39 is 52.4 Å². The summed E-state index contributed by atoms with van der Waals surface area (Å²) in [6.07, 6.45) is -5.00. The first-order valence-corrected chi connectivity index (χ1v) is 11.5. The molecule has 0 radical (unpaired) electrons. The van der Waals surface area contributed by atoms with E-state index in [2.05, 4.69) is 5.32 Å². The van der Waals surface area contributed by atoms with Crippen LogP contribution < -0.4 is 10.2 Å². The molecule has 2 amide bonds. The highest BCUT2D eigenvalue weighted by molar-refractivity contribution is 7.85. The van der Waals surface area contributed by atoms with Gasteiger partial charge < -0.3 is 10.2 Å². The predicted molar refractivity (Wildman–Crippen MR) is 120 cm³/mol. The standard InChI is InChI=1S/C24H18F4N2O3S/c25-16-9-10-19(18(13-16)24(26,27)28)29-21(31)14-30-22(32)11-12-34(33)20-8-4-7-17(23(20)30)15-5-2-1-3-6-15/h1-10,13H,11-12,14H2,(H,29,31)/t34-/m0/s1. The number of hydrogen-bond acceptors (Lipinski definition) is 3. The number of benzene rings is 3. The lowest BCUT2D eigenvalue weighted by atomic mass is 10.0. The Bertz CT molecular complexity index is 1280. The van der Waals surface area contributed by atoms with Gasteiger partial charge in [-0.3, -0.25) is 13.8 Å². The molecular weight excluding hydrogens is 472 g/mol. The molecule has 4 rings (SSSR count). The van der Waals surface area contributed by atoms with Crippen LogP contribution in [0.15, 0.2) is 71.6 Å². The average molecular weight is 490 g/mol. The van der Waals surface area contributed by atoms with Crippen LogP contribution >= 0.6 is 0 Å². The minimum absolute atomic E-state index is 0.0539. The van der Waals surface area contributed by atoms with Crippen LogP contribution in [0, 0.1) is 5.82 Å². The summed E-state index contributed by atoms with van der Waals surface area (Å²) in [6.45, 7) is -0.610. The molecule has 10 heteroatoms. The number of carbonyl (C=O) groups excluding carboxylic acids is 2. The van der Waals surface area contributed by atoms with Crippen LogP contribution in [-0.2, 0) is 26.6 Å². The molecule has 0 bridgehead atoms. The highest BCUT2D eigenvalue weighted by Crippen LogP contribution is 2.39. The minimum atomic E-state index is -4.90. The van der Waals surface area contributed by atoms with Crippen molar-refractivity contribution >= 4 is 34.0 Å². The molecule has 0 saturated carbocycles. The highest BCUT2D eigenvalue weighted by atomic mass is 32.2. The second-order valence-corrected chi connectivity index (χ2v) is 9.07. The van der Waals surface area contributed by atoms with Gasteiger partial charge in [0.2, 0.25) is 11.8 Å². The van der Waals surface area contributed by atoms with Crippen LogP contribution in [0.4, 0.5) is 28.9 Å². The number of halogens is 4. The maximum Gasteiger partial charge on any atom is 0.418 e. The topological polar surface area (TPSA) is 66.5 Å². The number of nitrogens with one attached hydrogen (secondary N) is 1. The minimum Gasteiger partial charge on any atom is -0.324 e. The Morgan fingerprint density at radius 2 is 1.76 bits per heavy atom. The molecule has 1 aliphatic rings. The Labute approximate surface area is 194 Å². The van der Waals surface area contributed by atoms with Crippen LogP contribution in [0.5, 0.6) is 0 Å². The first kappa shape index (κ1) is 23.6. The van der Waals surface area contributed by atoms with Crippen LogP contribution in [0.25, 0.3) is 11.1 Å². The molecule has 0 aromatic heterocycles. The average Bonchev–Trinajstić information content (AvgIpc) is 2.92. The monoisotopic (exact) mass is 490 g/mol. The largest absolute Gasteiger partial charge is 0.418 e. The summed E-state index contributed by atoms with van der Waals surface area (Å²) in [5.74, 6) is -2.44. The molecule has 0 spiro atoms. The van der Waals surface area contributed by atoms with Gasteiger partial charge in [0, 0.05) is 17.7 Å². The van der Waals surface area contributed by atoms with E-state index in [9.17, 15) is 31.4 Å².